The Morgan fingerprint density at radius 3 is 2.82 bits per heavy atom. The number of imidazole rings is 1. The summed E-state index contributed by atoms with van der Waals surface area (Å²) >= 11 is 0. The van der Waals surface area contributed by atoms with Crippen LogP contribution in [0, 0.1) is 12.1 Å². The second-order valence-electron chi connectivity index (χ2n) is 8.03. The van der Waals surface area contributed by atoms with Gasteiger partial charge >= 0.3 is 0 Å². The quantitative estimate of drug-likeness (QED) is 0.553. The van der Waals surface area contributed by atoms with Crippen molar-refractivity contribution in [2.24, 2.45) is 0 Å². The maximum Gasteiger partial charge on any atom is 0.296 e. The smallest absolute Gasteiger partial charge is 0.296 e. The van der Waals surface area contributed by atoms with Crippen LogP contribution >= 0.6 is 0 Å². The van der Waals surface area contributed by atoms with Crippen molar-refractivity contribution in [2.75, 3.05) is 63.3 Å². The summed E-state index contributed by atoms with van der Waals surface area (Å²) in [4.78, 5) is 28.9. The predicted molar refractivity (Wildman–Crippen MR) is 118 cm³/mol. The summed E-state index contributed by atoms with van der Waals surface area (Å²) in [6.45, 7) is 3.23. The molecule has 3 aromatic rings. The highest BCUT2D eigenvalue weighted by Crippen LogP contribution is 2.28. The molecule has 178 valence electrons. The van der Waals surface area contributed by atoms with Crippen LogP contribution in [0.5, 0.6) is 0 Å². The average molecular weight is 471 g/mol. The van der Waals surface area contributed by atoms with Crippen molar-refractivity contribution in [3.05, 3.63) is 36.2 Å². The fourth-order valence-corrected chi connectivity index (χ4v) is 4.01. The van der Waals surface area contributed by atoms with E-state index in [-0.39, 0.29) is 24.4 Å². The van der Waals surface area contributed by atoms with Crippen LogP contribution in [0.25, 0.3) is 16.9 Å². The summed E-state index contributed by atoms with van der Waals surface area (Å²) in [5.41, 5.74) is 0.733. The lowest BCUT2D eigenvalue weighted by Gasteiger charge is -2.39. The SMILES string of the molecule is COCC(=O)N1CC(Nc2cc(-n3c(C(F)F)nc4ccc#cc43)nc(N3CCOCC3)n2)C1. The molecule has 2 aliphatic heterocycles. The van der Waals surface area contributed by atoms with Gasteiger partial charge in [-0.1, -0.05) is 6.07 Å². The van der Waals surface area contributed by atoms with Gasteiger partial charge in [0.15, 0.2) is 5.82 Å². The molecular weight excluding hydrogens is 448 g/mol. The highest BCUT2D eigenvalue weighted by Gasteiger charge is 2.31. The first-order valence-electron chi connectivity index (χ1n) is 10.9. The van der Waals surface area contributed by atoms with Gasteiger partial charge in [-0.05, 0) is 18.2 Å². The van der Waals surface area contributed by atoms with Crippen LogP contribution in [0.3, 0.4) is 0 Å². The number of fused-ring (bicyclic) bond motifs is 1. The summed E-state index contributed by atoms with van der Waals surface area (Å²) in [5, 5.41) is 3.30. The number of rotatable bonds is 7. The number of nitrogens with one attached hydrogen (secondary N) is 1. The number of carbonyl (C=O) groups excluding carboxylic acids is 1. The Hall–Kier alpha value is -3.56. The maximum absolute atomic E-state index is 13.9. The molecule has 1 N–H and O–H groups in total. The first-order valence-corrected chi connectivity index (χ1v) is 10.9. The van der Waals surface area contributed by atoms with Gasteiger partial charge in [0.25, 0.3) is 6.43 Å². The Morgan fingerprint density at radius 1 is 1.29 bits per heavy atom. The summed E-state index contributed by atoms with van der Waals surface area (Å²) in [6.07, 6.45) is -2.81. The minimum atomic E-state index is -2.81. The lowest BCUT2D eigenvalue weighted by Crippen LogP contribution is -2.57. The van der Waals surface area contributed by atoms with Gasteiger partial charge in [-0.25, -0.2) is 13.8 Å². The number of hydrogen-bond acceptors (Lipinski definition) is 8. The maximum atomic E-state index is 13.9. The molecule has 0 radical (unpaired) electrons. The summed E-state index contributed by atoms with van der Waals surface area (Å²) in [7, 11) is 1.48. The molecule has 0 spiro atoms. The molecule has 2 fully saturated rings. The van der Waals surface area contributed by atoms with E-state index in [4.69, 9.17) is 9.47 Å². The van der Waals surface area contributed by atoms with Crippen LogP contribution in [0.1, 0.15) is 12.2 Å². The van der Waals surface area contributed by atoms with E-state index in [1.54, 1.807) is 23.1 Å². The molecule has 0 unspecified atom stereocenters. The molecule has 2 saturated heterocycles. The molecule has 12 heteroatoms. The molecule has 0 atom stereocenters. The zero-order valence-electron chi connectivity index (χ0n) is 18.5. The highest BCUT2D eigenvalue weighted by molar-refractivity contribution is 5.79. The highest BCUT2D eigenvalue weighted by atomic mass is 19.3. The molecule has 4 heterocycles. The van der Waals surface area contributed by atoms with Gasteiger partial charge in [-0.2, -0.15) is 9.97 Å². The number of carbonyl (C=O) groups is 1. The molecule has 34 heavy (non-hydrogen) atoms. The normalized spacial score (nSPS) is 16.6. The number of amides is 1. The van der Waals surface area contributed by atoms with Crippen LogP contribution in [0.2, 0.25) is 0 Å². The Morgan fingerprint density at radius 2 is 2.09 bits per heavy atom. The van der Waals surface area contributed by atoms with E-state index in [0.29, 0.717) is 62.2 Å². The monoisotopic (exact) mass is 471 g/mol. The fourth-order valence-electron chi connectivity index (χ4n) is 4.01. The zero-order valence-corrected chi connectivity index (χ0v) is 18.5. The van der Waals surface area contributed by atoms with Crippen molar-refractivity contribution < 1.29 is 23.0 Å². The number of hydrogen-bond donors (Lipinski definition) is 1. The van der Waals surface area contributed by atoms with E-state index in [9.17, 15) is 13.6 Å². The van der Waals surface area contributed by atoms with Gasteiger partial charge in [0, 0.05) is 39.4 Å². The summed E-state index contributed by atoms with van der Waals surface area (Å²) in [6, 6.07) is 10.4. The molecule has 1 aromatic carbocycles. The van der Waals surface area contributed by atoms with Crippen LogP contribution < -0.4 is 10.2 Å². The minimum Gasteiger partial charge on any atom is -0.378 e. The Labute approximate surface area is 194 Å². The van der Waals surface area contributed by atoms with Crippen molar-refractivity contribution in [3.63, 3.8) is 0 Å². The third kappa shape index (κ3) is 4.32. The largest absolute Gasteiger partial charge is 0.378 e. The topological polar surface area (TPSA) is 97.6 Å². The number of ether oxygens (including phenoxy) is 2. The van der Waals surface area contributed by atoms with E-state index < -0.39 is 12.2 Å². The number of morpholine rings is 1. The average Bonchev–Trinajstić information content (AvgIpc) is 3.22. The Kier molecular flexibility index (Phi) is 6.12. The standard InChI is InChI=1S/C22H23F2N7O3/c1-33-13-19(32)30-11-14(12-30)25-17-10-18(28-22(27-17)29-6-8-34-9-7-29)31-16-5-3-2-4-15(16)26-21(31)20(23)24/h2,4,10,14,20H,6-9,11-13H2,1H3,(H,25,27,28). The third-order valence-corrected chi connectivity index (χ3v) is 5.72. The van der Waals surface area contributed by atoms with E-state index in [1.807, 2.05) is 4.90 Å². The number of alkyl halides is 2. The second-order valence-corrected chi connectivity index (χ2v) is 8.03. The number of methoxy groups -OCH3 is 1. The van der Waals surface area contributed by atoms with E-state index in [0.717, 1.165) is 0 Å². The van der Waals surface area contributed by atoms with Gasteiger partial charge in [-0.3, -0.25) is 9.36 Å². The summed E-state index contributed by atoms with van der Waals surface area (Å²) in [5.74, 6) is 0.605. The Balaban J connectivity index is 1.50. The number of nitrogens with zero attached hydrogens (tertiary/aromatic N) is 6. The molecule has 1 amide bonds. The first kappa shape index (κ1) is 22.2. The van der Waals surface area contributed by atoms with Crippen LogP contribution in [-0.4, -0.2) is 89.5 Å². The van der Waals surface area contributed by atoms with E-state index in [1.165, 1.54) is 11.7 Å². The Bertz CT molecular complexity index is 1180. The lowest BCUT2D eigenvalue weighted by atomic mass is 10.1. The van der Waals surface area contributed by atoms with Gasteiger partial charge in [-0.15, -0.1) is 0 Å². The van der Waals surface area contributed by atoms with Crippen LogP contribution in [0.15, 0.2) is 18.2 Å². The van der Waals surface area contributed by atoms with Gasteiger partial charge in [0.2, 0.25) is 11.9 Å². The predicted octanol–water partition coefficient (Wildman–Crippen LogP) is 1.46. The van der Waals surface area contributed by atoms with Crippen LogP contribution in [-0.2, 0) is 14.3 Å². The van der Waals surface area contributed by atoms with Gasteiger partial charge in [0.05, 0.1) is 24.8 Å². The zero-order chi connectivity index (χ0) is 23.7. The second kappa shape index (κ2) is 9.36. The van der Waals surface area contributed by atoms with Gasteiger partial charge in [0.1, 0.15) is 23.8 Å². The molecular formula is C22H23F2N7O3. The lowest BCUT2D eigenvalue weighted by molar-refractivity contribution is -0.139. The third-order valence-electron chi connectivity index (χ3n) is 5.72. The van der Waals surface area contributed by atoms with Crippen molar-refractivity contribution in [1.29, 1.82) is 0 Å². The number of aromatic nitrogens is 4. The first-order chi connectivity index (χ1) is 16.5. The fraction of sp³-hybridized carbons (Fsp3) is 0.455. The summed E-state index contributed by atoms with van der Waals surface area (Å²) < 4.78 is 39.5. The van der Waals surface area contributed by atoms with Crippen molar-refractivity contribution in [1.82, 2.24) is 24.4 Å². The molecule has 0 aliphatic carbocycles. The molecule has 2 aliphatic rings. The minimum absolute atomic E-state index is 0.0309. The molecule has 0 bridgehead atoms. The molecule has 0 saturated carbocycles. The van der Waals surface area contributed by atoms with Crippen molar-refractivity contribution in [3.8, 4) is 5.82 Å². The number of likely N-dealkylation sites (tertiary alicyclic amines) is 1. The van der Waals surface area contributed by atoms with Crippen molar-refractivity contribution >= 4 is 28.7 Å². The van der Waals surface area contributed by atoms with E-state index >= 15 is 0 Å². The van der Waals surface area contributed by atoms with Gasteiger partial charge < -0.3 is 24.6 Å². The van der Waals surface area contributed by atoms with E-state index in [2.05, 4.69) is 32.4 Å². The molecule has 2 aromatic heterocycles. The molecule has 5 rings (SSSR count). The number of anilines is 2. The van der Waals surface area contributed by atoms with Crippen LogP contribution in [0.4, 0.5) is 20.5 Å². The number of halogens is 2. The van der Waals surface area contributed by atoms with Crippen molar-refractivity contribution in [2.45, 2.75) is 12.5 Å². The molecule has 10 nitrogen and oxygen atoms in total.